The highest BCUT2D eigenvalue weighted by Crippen LogP contribution is 2.23. The Bertz CT molecular complexity index is 456. The molecule has 0 N–H and O–H groups in total. The second-order valence-electron chi connectivity index (χ2n) is 5.17. The molecule has 0 fully saturated rings. The molecule has 0 atom stereocenters. The minimum absolute atomic E-state index is 0.233. The molecule has 0 spiro atoms. The van der Waals surface area contributed by atoms with Gasteiger partial charge in [0.15, 0.2) is 0 Å². The van der Waals surface area contributed by atoms with E-state index in [9.17, 15) is 4.39 Å². The summed E-state index contributed by atoms with van der Waals surface area (Å²) in [4.78, 5) is 0. The summed E-state index contributed by atoms with van der Waals surface area (Å²) in [6.45, 7) is 12.4. The number of hydrazine groups is 1. The molecule has 0 amide bonds. The maximum atomic E-state index is 13.1. The van der Waals surface area contributed by atoms with Crippen molar-refractivity contribution in [2.24, 2.45) is 0 Å². The SMILES string of the molecule is C=C(C=C(C)C)N(c1ccc(F)cc1)N(C)C(C)C. The quantitative estimate of drug-likeness (QED) is 0.574. The molecule has 0 aliphatic rings. The van der Waals surface area contributed by atoms with Crippen LogP contribution >= 0.6 is 0 Å². The van der Waals surface area contributed by atoms with E-state index < -0.39 is 0 Å². The highest BCUT2D eigenvalue weighted by atomic mass is 19.1. The monoisotopic (exact) mass is 262 g/mol. The predicted octanol–water partition coefficient (Wildman–Crippen LogP) is 4.37. The molecule has 1 aromatic carbocycles. The first-order valence-electron chi connectivity index (χ1n) is 6.45. The van der Waals surface area contributed by atoms with Gasteiger partial charge in [-0.3, -0.25) is 5.01 Å². The van der Waals surface area contributed by atoms with Crippen molar-refractivity contribution in [1.29, 1.82) is 0 Å². The van der Waals surface area contributed by atoms with Gasteiger partial charge in [-0.2, -0.15) is 0 Å². The Morgan fingerprint density at radius 3 is 2.16 bits per heavy atom. The highest BCUT2D eigenvalue weighted by Gasteiger charge is 2.17. The van der Waals surface area contributed by atoms with Gasteiger partial charge in [0.25, 0.3) is 0 Å². The summed E-state index contributed by atoms with van der Waals surface area (Å²) in [5.74, 6) is -0.233. The summed E-state index contributed by atoms with van der Waals surface area (Å²) in [6, 6.07) is 6.77. The molecule has 0 unspecified atom stereocenters. The summed E-state index contributed by atoms with van der Waals surface area (Å²) in [5, 5.41) is 4.08. The van der Waals surface area contributed by atoms with Crippen LogP contribution in [0.4, 0.5) is 10.1 Å². The zero-order chi connectivity index (χ0) is 14.6. The van der Waals surface area contributed by atoms with Gasteiger partial charge in [-0.05, 0) is 58.0 Å². The van der Waals surface area contributed by atoms with Crippen LogP contribution in [0, 0.1) is 5.82 Å². The Hall–Kier alpha value is -1.61. The molecule has 0 aliphatic heterocycles. The lowest BCUT2D eigenvalue weighted by Crippen LogP contribution is -2.43. The lowest BCUT2D eigenvalue weighted by molar-refractivity contribution is 0.270. The minimum Gasteiger partial charge on any atom is -0.275 e. The van der Waals surface area contributed by atoms with Crippen LogP contribution < -0.4 is 5.01 Å². The summed E-state index contributed by atoms with van der Waals surface area (Å²) < 4.78 is 13.1. The van der Waals surface area contributed by atoms with E-state index in [1.165, 1.54) is 17.7 Å². The van der Waals surface area contributed by atoms with Gasteiger partial charge in [-0.15, -0.1) is 0 Å². The molecule has 1 rings (SSSR count). The Morgan fingerprint density at radius 2 is 1.74 bits per heavy atom. The molecule has 0 aromatic heterocycles. The average Bonchev–Trinajstić information content (AvgIpc) is 2.30. The Morgan fingerprint density at radius 1 is 1.21 bits per heavy atom. The molecule has 3 heteroatoms. The number of halogens is 1. The molecular weight excluding hydrogens is 239 g/mol. The molecule has 104 valence electrons. The van der Waals surface area contributed by atoms with E-state index in [0.717, 1.165) is 11.4 Å². The van der Waals surface area contributed by atoms with Crippen molar-refractivity contribution < 1.29 is 4.39 Å². The molecule has 0 radical (unpaired) electrons. The second kappa shape index (κ2) is 6.53. The maximum Gasteiger partial charge on any atom is 0.123 e. The van der Waals surface area contributed by atoms with Crippen molar-refractivity contribution in [2.75, 3.05) is 12.1 Å². The summed E-state index contributed by atoms with van der Waals surface area (Å²) >= 11 is 0. The minimum atomic E-state index is -0.233. The third-order valence-corrected chi connectivity index (χ3v) is 2.86. The third-order valence-electron chi connectivity index (χ3n) is 2.86. The zero-order valence-electron chi connectivity index (χ0n) is 12.4. The number of hydrogen-bond acceptors (Lipinski definition) is 2. The van der Waals surface area contributed by atoms with Crippen LogP contribution in [0.5, 0.6) is 0 Å². The summed E-state index contributed by atoms with van der Waals surface area (Å²) in [6.07, 6.45) is 2.02. The number of anilines is 1. The normalized spacial score (nSPS) is 10.7. The number of rotatable bonds is 5. The largest absolute Gasteiger partial charge is 0.275 e. The van der Waals surface area contributed by atoms with Crippen molar-refractivity contribution in [3.05, 3.63) is 54.0 Å². The number of hydrogen-bond donors (Lipinski definition) is 0. The van der Waals surface area contributed by atoms with Crippen LogP contribution in [-0.2, 0) is 0 Å². The lowest BCUT2D eigenvalue weighted by Gasteiger charge is -2.37. The van der Waals surface area contributed by atoms with Gasteiger partial charge in [0.1, 0.15) is 5.82 Å². The first kappa shape index (κ1) is 15.4. The fourth-order valence-corrected chi connectivity index (χ4v) is 1.76. The van der Waals surface area contributed by atoms with E-state index >= 15 is 0 Å². The number of benzene rings is 1. The molecule has 2 nitrogen and oxygen atoms in total. The van der Waals surface area contributed by atoms with Crippen LogP contribution in [0.3, 0.4) is 0 Å². The van der Waals surface area contributed by atoms with E-state index in [1.54, 1.807) is 12.1 Å². The summed E-state index contributed by atoms with van der Waals surface area (Å²) in [5.41, 5.74) is 2.94. The first-order valence-corrected chi connectivity index (χ1v) is 6.45. The van der Waals surface area contributed by atoms with Crippen LogP contribution in [0.25, 0.3) is 0 Å². The van der Waals surface area contributed by atoms with Crippen molar-refractivity contribution in [3.8, 4) is 0 Å². The van der Waals surface area contributed by atoms with Crippen LogP contribution in [-0.4, -0.2) is 18.1 Å². The molecule has 0 heterocycles. The van der Waals surface area contributed by atoms with Crippen molar-refractivity contribution >= 4 is 5.69 Å². The van der Waals surface area contributed by atoms with Gasteiger partial charge in [0.05, 0.1) is 11.4 Å². The standard InChI is InChI=1S/C16H23FN2/c1-12(2)11-14(5)19(18(6)13(3)4)16-9-7-15(17)8-10-16/h7-11,13H,5H2,1-4,6H3. The fraction of sp³-hybridized carbons (Fsp3) is 0.375. The number of allylic oxidation sites excluding steroid dienone is 2. The smallest absolute Gasteiger partial charge is 0.123 e. The van der Waals surface area contributed by atoms with E-state index in [0.29, 0.717) is 6.04 Å². The molecule has 0 aliphatic carbocycles. The molecule has 0 bridgehead atoms. The average molecular weight is 262 g/mol. The van der Waals surface area contributed by atoms with Crippen molar-refractivity contribution in [2.45, 2.75) is 33.7 Å². The van der Waals surface area contributed by atoms with Gasteiger partial charge >= 0.3 is 0 Å². The van der Waals surface area contributed by atoms with Crippen LogP contribution in [0.15, 0.2) is 48.2 Å². The van der Waals surface area contributed by atoms with Crippen molar-refractivity contribution in [3.63, 3.8) is 0 Å². The van der Waals surface area contributed by atoms with Gasteiger partial charge in [0.2, 0.25) is 0 Å². The van der Waals surface area contributed by atoms with E-state index in [2.05, 4.69) is 25.4 Å². The Balaban J connectivity index is 3.15. The lowest BCUT2D eigenvalue weighted by atomic mass is 10.2. The Labute approximate surface area is 115 Å². The fourth-order valence-electron chi connectivity index (χ4n) is 1.76. The topological polar surface area (TPSA) is 6.48 Å². The predicted molar refractivity (Wildman–Crippen MR) is 80.3 cm³/mol. The third kappa shape index (κ3) is 4.21. The molecule has 19 heavy (non-hydrogen) atoms. The van der Waals surface area contributed by atoms with E-state index in [1.807, 2.05) is 32.0 Å². The second-order valence-corrected chi connectivity index (χ2v) is 5.17. The molecule has 0 saturated carbocycles. The van der Waals surface area contributed by atoms with E-state index in [-0.39, 0.29) is 5.82 Å². The van der Waals surface area contributed by atoms with Gasteiger partial charge in [-0.25, -0.2) is 9.40 Å². The van der Waals surface area contributed by atoms with Gasteiger partial charge in [0, 0.05) is 13.1 Å². The maximum absolute atomic E-state index is 13.1. The van der Waals surface area contributed by atoms with Gasteiger partial charge in [-0.1, -0.05) is 12.2 Å². The Kier molecular flexibility index (Phi) is 5.31. The van der Waals surface area contributed by atoms with Gasteiger partial charge < -0.3 is 0 Å². The molecular formula is C16H23FN2. The molecule has 0 saturated heterocycles. The van der Waals surface area contributed by atoms with Crippen molar-refractivity contribution in [1.82, 2.24) is 5.01 Å². The number of nitrogens with zero attached hydrogens (tertiary/aromatic N) is 2. The first-order chi connectivity index (χ1) is 8.82. The molecule has 1 aromatic rings. The van der Waals surface area contributed by atoms with Crippen LogP contribution in [0.1, 0.15) is 27.7 Å². The highest BCUT2D eigenvalue weighted by molar-refractivity contribution is 5.53. The zero-order valence-corrected chi connectivity index (χ0v) is 12.4. The van der Waals surface area contributed by atoms with E-state index in [4.69, 9.17) is 0 Å². The van der Waals surface area contributed by atoms with Crippen LogP contribution in [0.2, 0.25) is 0 Å². The summed E-state index contributed by atoms with van der Waals surface area (Å²) in [7, 11) is 2.00.